The predicted octanol–water partition coefficient (Wildman–Crippen LogP) is 4.95. The summed E-state index contributed by atoms with van der Waals surface area (Å²) in [4.78, 5) is 0.176. The summed E-state index contributed by atoms with van der Waals surface area (Å²) in [5.41, 5.74) is 3.81. The van der Waals surface area contributed by atoms with E-state index in [4.69, 9.17) is 9.47 Å². The van der Waals surface area contributed by atoms with Crippen LogP contribution in [0.1, 0.15) is 29.5 Å². The third-order valence-electron chi connectivity index (χ3n) is 5.27. The first kappa shape index (κ1) is 20.3. The largest absolute Gasteiger partial charge is 0.495 e. The van der Waals surface area contributed by atoms with Crippen LogP contribution in [0.5, 0.6) is 11.5 Å². The average Bonchev–Trinajstić information content (AvgIpc) is 2.78. The summed E-state index contributed by atoms with van der Waals surface area (Å²) < 4.78 is 39.9. The number of nitrogens with one attached hydrogen (secondary N) is 1. The van der Waals surface area contributed by atoms with Crippen LogP contribution in [0.3, 0.4) is 0 Å². The van der Waals surface area contributed by atoms with Gasteiger partial charge in [0.2, 0.25) is 0 Å². The third-order valence-corrected chi connectivity index (χ3v) is 6.67. The van der Waals surface area contributed by atoms with E-state index in [-0.39, 0.29) is 4.90 Å². The van der Waals surface area contributed by atoms with Crippen LogP contribution in [0.25, 0.3) is 0 Å². The fourth-order valence-electron chi connectivity index (χ4n) is 3.68. The predicted molar refractivity (Wildman–Crippen MR) is 118 cm³/mol. The van der Waals surface area contributed by atoms with Crippen molar-refractivity contribution in [2.75, 3.05) is 11.8 Å². The molecule has 3 aromatic carbocycles. The lowest BCUT2D eigenvalue weighted by Crippen LogP contribution is -2.16. The van der Waals surface area contributed by atoms with Gasteiger partial charge in [-0.3, -0.25) is 4.72 Å². The zero-order valence-electron chi connectivity index (χ0n) is 16.9. The van der Waals surface area contributed by atoms with Crippen LogP contribution in [0.2, 0.25) is 0 Å². The summed E-state index contributed by atoms with van der Waals surface area (Å²) >= 11 is 0. The number of hydrogen-bond acceptors (Lipinski definition) is 4. The highest BCUT2D eigenvalue weighted by molar-refractivity contribution is 7.92. The molecule has 0 heterocycles. The fraction of sp³-hybridized carbons (Fsp3) is 0.250. The van der Waals surface area contributed by atoms with Crippen LogP contribution in [0, 0.1) is 0 Å². The van der Waals surface area contributed by atoms with Gasteiger partial charge < -0.3 is 9.47 Å². The number of fused-ring (bicyclic) bond motifs is 1. The number of hydrogen-bond donors (Lipinski definition) is 1. The molecule has 0 unspecified atom stereocenters. The van der Waals surface area contributed by atoms with E-state index in [0.29, 0.717) is 23.8 Å². The molecule has 0 saturated carbocycles. The molecule has 3 aromatic rings. The lowest BCUT2D eigenvalue weighted by molar-refractivity contribution is 0.306. The smallest absolute Gasteiger partial charge is 0.265 e. The molecule has 1 N–H and O–H groups in total. The topological polar surface area (TPSA) is 64.6 Å². The Morgan fingerprint density at radius 3 is 2.23 bits per heavy atom. The van der Waals surface area contributed by atoms with Crippen LogP contribution in [-0.4, -0.2) is 15.5 Å². The Morgan fingerprint density at radius 2 is 1.57 bits per heavy atom. The minimum absolute atomic E-state index is 0.176. The maximum atomic E-state index is 13.0. The van der Waals surface area contributed by atoms with Gasteiger partial charge in [0.1, 0.15) is 23.0 Å². The van der Waals surface area contributed by atoms with E-state index in [2.05, 4.69) is 4.72 Å². The Morgan fingerprint density at radius 1 is 0.900 bits per heavy atom. The molecular weight excluding hydrogens is 398 g/mol. The first-order valence-electron chi connectivity index (χ1n) is 10.0. The second-order valence-corrected chi connectivity index (χ2v) is 9.03. The maximum Gasteiger partial charge on any atom is 0.265 e. The van der Waals surface area contributed by atoms with E-state index >= 15 is 0 Å². The van der Waals surface area contributed by atoms with Crippen molar-refractivity contribution in [3.8, 4) is 11.5 Å². The molecule has 0 aliphatic heterocycles. The number of benzene rings is 3. The lowest BCUT2D eigenvalue weighted by atomic mass is 9.92. The molecule has 0 saturated heterocycles. The first-order chi connectivity index (χ1) is 14.5. The minimum atomic E-state index is -3.77. The second-order valence-electron chi connectivity index (χ2n) is 7.38. The molecular formula is C24H25NO4S. The number of sulfonamides is 1. The molecule has 5 nitrogen and oxygen atoms in total. The van der Waals surface area contributed by atoms with E-state index in [0.717, 1.165) is 36.8 Å². The van der Waals surface area contributed by atoms with Crippen molar-refractivity contribution in [2.24, 2.45) is 0 Å². The van der Waals surface area contributed by atoms with Gasteiger partial charge in [-0.2, -0.15) is 0 Å². The summed E-state index contributed by atoms with van der Waals surface area (Å²) in [5, 5.41) is 0. The zero-order valence-corrected chi connectivity index (χ0v) is 17.7. The molecule has 0 aromatic heterocycles. The summed E-state index contributed by atoms with van der Waals surface area (Å²) in [6.07, 6.45) is 4.06. The Hall–Kier alpha value is -2.99. The molecule has 156 valence electrons. The molecule has 0 bridgehead atoms. The molecule has 0 atom stereocenters. The molecule has 0 fully saturated rings. The van der Waals surface area contributed by atoms with E-state index in [1.807, 2.05) is 36.4 Å². The quantitative estimate of drug-likeness (QED) is 0.584. The fourth-order valence-corrected chi connectivity index (χ4v) is 4.94. The third kappa shape index (κ3) is 4.60. The molecule has 6 heteroatoms. The first-order valence-corrected chi connectivity index (χ1v) is 11.5. The number of rotatable bonds is 7. The number of aryl methyl sites for hydroxylation is 2. The Balaban J connectivity index is 1.49. The van der Waals surface area contributed by atoms with Crippen molar-refractivity contribution in [1.29, 1.82) is 0 Å². The van der Waals surface area contributed by atoms with Gasteiger partial charge in [-0.15, -0.1) is 0 Å². The minimum Gasteiger partial charge on any atom is -0.495 e. The van der Waals surface area contributed by atoms with E-state index < -0.39 is 10.0 Å². The highest BCUT2D eigenvalue weighted by atomic mass is 32.2. The van der Waals surface area contributed by atoms with Gasteiger partial charge in [-0.05, 0) is 78.8 Å². The van der Waals surface area contributed by atoms with Crippen LogP contribution < -0.4 is 14.2 Å². The Labute approximate surface area is 177 Å². The van der Waals surface area contributed by atoms with Crippen LogP contribution in [0.4, 0.5) is 5.69 Å². The molecule has 30 heavy (non-hydrogen) atoms. The normalized spacial score (nSPS) is 13.4. The van der Waals surface area contributed by atoms with Gasteiger partial charge in [0.25, 0.3) is 10.0 Å². The summed E-state index contributed by atoms with van der Waals surface area (Å²) in [6.45, 7) is 0.457. The van der Waals surface area contributed by atoms with Crippen molar-refractivity contribution in [1.82, 2.24) is 0 Å². The van der Waals surface area contributed by atoms with Crippen LogP contribution in [0.15, 0.2) is 71.6 Å². The molecule has 4 rings (SSSR count). The standard InChI is InChI=1S/C24H25NO4S/c1-28-23-15-19-9-5-6-10-20(19)16-24(23)30(26,27)25-21-11-13-22(14-12-21)29-17-18-7-3-2-4-8-18/h2-4,7-8,11-16,25H,5-6,9-10,17H2,1H3. The second kappa shape index (κ2) is 8.79. The summed E-state index contributed by atoms with van der Waals surface area (Å²) in [6, 6.07) is 20.4. The SMILES string of the molecule is COc1cc2c(cc1S(=O)(=O)Nc1ccc(OCc3ccccc3)cc1)CCCC2. The number of methoxy groups -OCH3 is 1. The van der Waals surface area contributed by atoms with Crippen LogP contribution in [-0.2, 0) is 29.5 Å². The van der Waals surface area contributed by atoms with Crippen molar-refractivity contribution in [3.05, 3.63) is 83.4 Å². The Bertz CT molecular complexity index is 1110. The number of ether oxygens (including phenoxy) is 2. The Kier molecular flexibility index (Phi) is 5.95. The van der Waals surface area contributed by atoms with E-state index in [9.17, 15) is 8.42 Å². The van der Waals surface area contributed by atoms with Gasteiger partial charge in [0, 0.05) is 5.69 Å². The number of anilines is 1. The zero-order chi connectivity index (χ0) is 21.0. The summed E-state index contributed by atoms with van der Waals surface area (Å²) in [7, 11) is -2.27. The molecule has 0 radical (unpaired) electrons. The van der Waals surface area contributed by atoms with Crippen LogP contribution >= 0.6 is 0 Å². The average molecular weight is 424 g/mol. The van der Waals surface area contributed by atoms with Crippen molar-refractivity contribution < 1.29 is 17.9 Å². The monoisotopic (exact) mass is 423 g/mol. The highest BCUT2D eigenvalue weighted by Crippen LogP contribution is 2.33. The lowest BCUT2D eigenvalue weighted by Gasteiger charge is -2.19. The van der Waals surface area contributed by atoms with Gasteiger partial charge in [-0.1, -0.05) is 30.3 Å². The van der Waals surface area contributed by atoms with Gasteiger partial charge in [-0.25, -0.2) is 8.42 Å². The van der Waals surface area contributed by atoms with E-state index in [1.165, 1.54) is 12.7 Å². The van der Waals surface area contributed by atoms with Gasteiger partial charge >= 0.3 is 0 Å². The van der Waals surface area contributed by atoms with Crippen molar-refractivity contribution in [3.63, 3.8) is 0 Å². The molecule has 1 aliphatic rings. The van der Waals surface area contributed by atoms with Crippen molar-refractivity contribution >= 4 is 15.7 Å². The van der Waals surface area contributed by atoms with Gasteiger partial charge in [0.15, 0.2) is 0 Å². The molecule has 0 amide bonds. The summed E-state index contributed by atoms with van der Waals surface area (Å²) in [5.74, 6) is 1.05. The van der Waals surface area contributed by atoms with E-state index in [1.54, 1.807) is 30.3 Å². The van der Waals surface area contributed by atoms with Gasteiger partial charge in [0.05, 0.1) is 7.11 Å². The molecule has 1 aliphatic carbocycles. The highest BCUT2D eigenvalue weighted by Gasteiger charge is 2.23. The van der Waals surface area contributed by atoms with Crippen molar-refractivity contribution in [2.45, 2.75) is 37.2 Å². The maximum absolute atomic E-state index is 13.0. The molecule has 0 spiro atoms.